The van der Waals surface area contributed by atoms with E-state index in [0.717, 1.165) is 44.7 Å². The minimum Gasteiger partial charge on any atom is -0.373 e. The number of likely N-dealkylation sites (N-methyl/N-ethyl adjacent to an activating group) is 1. The van der Waals surface area contributed by atoms with Crippen molar-refractivity contribution in [3.05, 3.63) is 23.9 Å². The summed E-state index contributed by atoms with van der Waals surface area (Å²) >= 11 is 0. The zero-order chi connectivity index (χ0) is 17.1. The summed E-state index contributed by atoms with van der Waals surface area (Å²) in [5.74, 6) is 0.888. The number of nitrogens with zero attached hydrogens (tertiary/aromatic N) is 3. The lowest BCUT2D eigenvalue weighted by Crippen LogP contribution is -2.50. The summed E-state index contributed by atoms with van der Waals surface area (Å²) in [4.78, 5) is 32.6. The Morgan fingerprint density at radius 3 is 2.50 bits per heavy atom. The molecule has 2 saturated heterocycles. The number of likely N-dealkylation sites (tertiary alicyclic amines) is 2. The van der Waals surface area contributed by atoms with Crippen LogP contribution >= 0.6 is 0 Å². The highest BCUT2D eigenvalue weighted by Gasteiger charge is 2.35. The molecular formula is C17H25N5O2. The van der Waals surface area contributed by atoms with Gasteiger partial charge < -0.3 is 15.5 Å². The molecule has 2 amide bonds. The second-order valence-corrected chi connectivity index (χ2v) is 6.53. The monoisotopic (exact) mass is 331 g/mol. The third-order valence-electron chi connectivity index (χ3n) is 4.99. The second-order valence-electron chi connectivity index (χ2n) is 6.53. The normalized spacial score (nSPS) is 22.7. The van der Waals surface area contributed by atoms with Crippen LogP contribution in [0, 0.1) is 0 Å². The molecule has 2 fully saturated rings. The van der Waals surface area contributed by atoms with E-state index in [1.165, 1.54) is 0 Å². The van der Waals surface area contributed by atoms with Crippen LogP contribution in [0.5, 0.6) is 0 Å². The number of amides is 2. The number of aromatic nitrogens is 1. The molecule has 24 heavy (non-hydrogen) atoms. The Bertz CT molecular complexity index is 596. The SMILES string of the molecule is CNc1ccc(C(=O)NC2CCN(C3CCN(C)C3=O)CC2)cn1. The first-order valence-corrected chi connectivity index (χ1v) is 8.52. The van der Waals surface area contributed by atoms with E-state index in [1.807, 2.05) is 7.05 Å². The fourth-order valence-electron chi connectivity index (χ4n) is 3.44. The molecule has 1 unspecified atom stereocenters. The average Bonchev–Trinajstić information content (AvgIpc) is 2.95. The van der Waals surface area contributed by atoms with Crippen molar-refractivity contribution >= 4 is 17.6 Å². The van der Waals surface area contributed by atoms with Crippen molar-refractivity contribution in [2.24, 2.45) is 0 Å². The largest absolute Gasteiger partial charge is 0.373 e. The van der Waals surface area contributed by atoms with Crippen LogP contribution in [0.15, 0.2) is 18.3 Å². The highest BCUT2D eigenvalue weighted by Crippen LogP contribution is 2.21. The van der Waals surface area contributed by atoms with E-state index in [0.29, 0.717) is 5.56 Å². The standard InChI is InChI=1S/C17H25N5O2/c1-18-15-4-3-12(11-19-15)16(23)20-13-5-9-22(10-6-13)14-7-8-21(2)17(14)24/h3-4,11,13-14H,5-10H2,1-2H3,(H,18,19)(H,20,23). The predicted molar refractivity (Wildman–Crippen MR) is 91.9 cm³/mol. The van der Waals surface area contributed by atoms with Gasteiger partial charge in [-0.15, -0.1) is 0 Å². The molecule has 3 rings (SSSR count). The maximum absolute atomic E-state index is 12.3. The molecule has 2 aliphatic rings. The van der Waals surface area contributed by atoms with E-state index in [4.69, 9.17) is 0 Å². The van der Waals surface area contributed by atoms with Gasteiger partial charge in [0.05, 0.1) is 11.6 Å². The second kappa shape index (κ2) is 7.17. The average molecular weight is 331 g/mol. The van der Waals surface area contributed by atoms with E-state index < -0.39 is 0 Å². The van der Waals surface area contributed by atoms with Crippen molar-refractivity contribution in [2.45, 2.75) is 31.3 Å². The third kappa shape index (κ3) is 3.51. The predicted octanol–water partition coefficient (Wildman–Crippen LogP) is 0.548. The molecule has 130 valence electrons. The number of piperidine rings is 1. The van der Waals surface area contributed by atoms with Gasteiger partial charge >= 0.3 is 0 Å². The molecule has 0 aromatic carbocycles. The van der Waals surface area contributed by atoms with E-state index in [2.05, 4.69) is 20.5 Å². The Morgan fingerprint density at radius 1 is 1.21 bits per heavy atom. The van der Waals surface area contributed by atoms with Gasteiger partial charge in [-0.05, 0) is 31.4 Å². The lowest BCUT2D eigenvalue weighted by Gasteiger charge is -2.35. The van der Waals surface area contributed by atoms with Crippen molar-refractivity contribution in [1.82, 2.24) is 20.1 Å². The Hall–Kier alpha value is -2.15. The molecule has 0 aliphatic carbocycles. The van der Waals surface area contributed by atoms with E-state index in [1.54, 1.807) is 30.3 Å². The van der Waals surface area contributed by atoms with E-state index >= 15 is 0 Å². The molecule has 0 radical (unpaired) electrons. The number of carbonyl (C=O) groups is 2. The fraction of sp³-hybridized carbons (Fsp3) is 0.588. The fourth-order valence-corrected chi connectivity index (χ4v) is 3.44. The number of pyridine rings is 1. The van der Waals surface area contributed by atoms with Crippen LogP contribution in [-0.2, 0) is 4.79 Å². The highest BCUT2D eigenvalue weighted by molar-refractivity contribution is 5.94. The first-order chi connectivity index (χ1) is 11.6. The minimum absolute atomic E-state index is 0.0324. The maximum Gasteiger partial charge on any atom is 0.253 e. The Kier molecular flexibility index (Phi) is 4.99. The number of nitrogens with one attached hydrogen (secondary N) is 2. The first-order valence-electron chi connectivity index (χ1n) is 8.52. The number of hydrogen-bond donors (Lipinski definition) is 2. The molecular weight excluding hydrogens is 306 g/mol. The molecule has 0 bridgehead atoms. The van der Waals surface area contributed by atoms with Crippen molar-refractivity contribution in [1.29, 1.82) is 0 Å². The Morgan fingerprint density at radius 2 is 1.96 bits per heavy atom. The maximum atomic E-state index is 12.3. The molecule has 0 saturated carbocycles. The highest BCUT2D eigenvalue weighted by atomic mass is 16.2. The Labute approximate surface area is 142 Å². The van der Waals surface area contributed by atoms with Crippen molar-refractivity contribution in [3.8, 4) is 0 Å². The van der Waals surface area contributed by atoms with Crippen LogP contribution in [0.1, 0.15) is 29.6 Å². The van der Waals surface area contributed by atoms with Gasteiger partial charge in [0.25, 0.3) is 5.91 Å². The lowest BCUT2D eigenvalue weighted by molar-refractivity contribution is -0.131. The molecule has 2 N–H and O–H groups in total. The van der Waals surface area contributed by atoms with Gasteiger partial charge in [0.1, 0.15) is 5.82 Å². The van der Waals surface area contributed by atoms with Crippen LogP contribution in [0.3, 0.4) is 0 Å². The van der Waals surface area contributed by atoms with E-state index in [9.17, 15) is 9.59 Å². The first kappa shape index (κ1) is 16.7. The quantitative estimate of drug-likeness (QED) is 0.842. The van der Waals surface area contributed by atoms with Gasteiger partial charge in [-0.3, -0.25) is 14.5 Å². The number of anilines is 1. The van der Waals surface area contributed by atoms with Crippen molar-refractivity contribution in [3.63, 3.8) is 0 Å². The third-order valence-corrected chi connectivity index (χ3v) is 4.99. The lowest BCUT2D eigenvalue weighted by atomic mass is 10.0. The van der Waals surface area contributed by atoms with Crippen LogP contribution in [0.2, 0.25) is 0 Å². The van der Waals surface area contributed by atoms with Gasteiger partial charge in [0, 0.05) is 46.0 Å². The molecule has 1 atom stereocenters. The van der Waals surface area contributed by atoms with Crippen LogP contribution < -0.4 is 10.6 Å². The molecule has 7 heteroatoms. The molecule has 1 aromatic heterocycles. The summed E-state index contributed by atoms with van der Waals surface area (Å²) in [6, 6.07) is 3.76. The van der Waals surface area contributed by atoms with Gasteiger partial charge in [0.2, 0.25) is 5.91 Å². The van der Waals surface area contributed by atoms with Crippen LogP contribution in [0.4, 0.5) is 5.82 Å². The van der Waals surface area contributed by atoms with Gasteiger partial charge in [-0.25, -0.2) is 4.98 Å². The molecule has 1 aromatic rings. The summed E-state index contributed by atoms with van der Waals surface area (Å²) in [6.45, 7) is 2.55. The van der Waals surface area contributed by atoms with Gasteiger partial charge in [0.15, 0.2) is 0 Å². The van der Waals surface area contributed by atoms with Gasteiger partial charge in [-0.1, -0.05) is 0 Å². The Balaban J connectivity index is 1.50. The van der Waals surface area contributed by atoms with E-state index in [-0.39, 0.29) is 23.9 Å². The summed E-state index contributed by atoms with van der Waals surface area (Å²) < 4.78 is 0. The summed E-state index contributed by atoms with van der Waals surface area (Å²) in [6.07, 6.45) is 4.25. The molecule has 7 nitrogen and oxygen atoms in total. The molecule has 2 aliphatic heterocycles. The zero-order valence-electron chi connectivity index (χ0n) is 14.3. The van der Waals surface area contributed by atoms with Crippen molar-refractivity contribution < 1.29 is 9.59 Å². The summed E-state index contributed by atoms with van der Waals surface area (Å²) in [5, 5.41) is 6.02. The number of hydrogen-bond acceptors (Lipinski definition) is 5. The van der Waals surface area contributed by atoms with Gasteiger partial charge in [-0.2, -0.15) is 0 Å². The number of carbonyl (C=O) groups excluding carboxylic acids is 2. The van der Waals surface area contributed by atoms with Crippen LogP contribution in [-0.4, -0.2) is 72.4 Å². The summed E-state index contributed by atoms with van der Waals surface area (Å²) in [5.41, 5.74) is 0.573. The smallest absolute Gasteiger partial charge is 0.253 e. The molecule has 0 spiro atoms. The number of rotatable bonds is 4. The zero-order valence-corrected chi connectivity index (χ0v) is 14.3. The molecule has 3 heterocycles. The van der Waals surface area contributed by atoms with Crippen LogP contribution in [0.25, 0.3) is 0 Å². The van der Waals surface area contributed by atoms with Crippen molar-refractivity contribution in [2.75, 3.05) is 39.0 Å². The minimum atomic E-state index is -0.0831. The summed E-state index contributed by atoms with van der Waals surface area (Å²) in [7, 11) is 3.66. The topological polar surface area (TPSA) is 77.6 Å².